The molecule has 4 atom stereocenters. The number of carbonyl (C=O) groups is 1. The van der Waals surface area contributed by atoms with Crippen molar-refractivity contribution in [3.63, 3.8) is 0 Å². The quantitative estimate of drug-likeness (QED) is 0.533. The summed E-state index contributed by atoms with van der Waals surface area (Å²) in [6, 6.07) is -0.230. The highest BCUT2D eigenvalue weighted by Crippen LogP contribution is 2.26. The molecule has 0 bridgehead atoms. The molecule has 0 aliphatic carbocycles. The summed E-state index contributed by atoms with van der Waals surface area (Å²) in [5.74, 6) is 0. The van der Waals surface area contributed by atoms with Gasteiger partial charge in [0.05, 0.1) is 6.61 Å². The van der Waals surface area contributed by atoms with Crippen LogP contribution in [0.3, 0.4) is 0 Å². The lowest BCUT2D eigenvalue weighted by Gasteiger charge is -2.37. The molecule has 17 heavy (non-hydrogen) atoms. The Bertz CT molecular complexity index is 300. The largest absolute Gasteiger partial charge is 0.394 e. The Hall–Kier alpha value is -0.890. The van der Waals surface area contributed by atoms with Gasteiger partial charge in [-0.2, -0.15) is 0 Å². The molecule has 0 spiro atoms. The third-order valence-corrected chi connectivity index (χ3v) is 3.29. The maximum atomic E-state index is 11.9. The van der Waals surface area contributed by atoms with Crippen molar-refractivity contribution in [2.45, 2.75) is 31.0 Å². The zero-order valence-electron chi connectivity index (χ0n) is 9.69. The van der Waals surface area contributed by atoms with Crippen LogP contribution in [0, 0.1) is 0 Å². The first-order valence-electron chi connectivity index (χ1n) is 5.70. The zero-order chi connectivity index (χ0) is 12.6. The third-order valence-electron chi connectivity index (χ3n) is 3.29. The Labute approximate surface area is 99.2 Å². The number of hydrogen-bond acceptors (Lipinski definition) is 5. The Morgan fingerprint density at radius 1 is 1.35 bits per heavy atom. The number of nitrogens with zero attached hydrogens (tertiary/aromatic N) is 2. The number of aliphatic hydroxyl groups is 3. The summed E-state index contributed by atoms with van der Waals surface area (Å²) in [5.41, 5.74) is 0. The van der Waals surface area contributed by atoms with Crippen LogP contribution in [-0.4, -0.2) is 82.4 Å². The molecule has 2 amide bonds. The number of ether oxygens (including phenoxy) is 1. The van der Waals surface area contributed by atoms with Crippen molar-refractivity contribution >= 4 is 6.03 Å². The second-order valence-corrected chi connectivity index (χ2v) is 4.48. The summed E-state index contributed by atoms with van der Waals surface area (Å²) in [4.78, 5) is 14.8. The van der Waals surface area contributed by atoms with E-state index >= 15 is 0 Å². The monoisotopic (exact) mass is 246 g/mol. The molecule has 7 heteroatoms. The van der Waals surface area contributed by atoms with Crippen molar-refractivity contribution in [2.75, 3.05) is 26.7 Å². The van der Waals surface area contributed by atoms with Crippen LogP contribution < -0.4 is 0 Å². The van der Waals surface area contributed by atoms with Crippen molar-refractivity contribution in [3.05, 3.63) is 0 Å². The molecular formula is C10H18N2O5. The van der Waals surface area contributed by atoms with Gasteiger partial charge in [-0.25, -0.2) is 4.79 Å². The number of urea groups is 1. The van der Waals surface area contributed by atoms with Crippen LogP contribution in [0.4, 0.5) is 4.79 Å². The molecule has 0 aromatic rings. The summed E-state index contributed by atoms with van der Waals surface area (Å²) >= 11 is 0. The lowest BCUT2D eigenvalue weighted by molar-refractivity contribution is -0.0878. The first-order chi connectivity index (χ1) is 8.06. The molecule has 2 rings (SSSR count). The molecule has 7 nitrogen and oxygen atoms in total. The Morgan fingerprint density at radius 3 is 2.65 bits per heavy atom. The Kier molecular flexibility index (Phi) is 3.53. The lowest BCUT2D eigenvalue weighted by atomic mass is 10.1. The molecule has 2 fully saturated rings. The summed E-state index contributed by atoms with van der Waals surface area (Å²) < 4.78 is 5.32. The van der Waals surface area contributed by atoms with Crippen LogP contribution in [0.25, 0.3) is 0 Å². The van der Waals surface area contributed by atoms with Gasteiger partial charge in [0, 0.05) is 20.1 Å². The minimum Gasteiger partial charge on any atom is -0.394 e. The highest BCUT2D eigenvalue weighted by molar-refractivity contribution is 5.75. The van der Waals surface area contributed by atoms with Crippen molar-refractivity contribution in [1.29, 1.82) is 0 Å². The van der Waals surface area contributed by atoms with Crippen LogP contribution in [0.15, 0.2) is 0 Å². The van der Waals surface area contributed by atoms with Crippen LogP contribution in [0.1, 0.15) is 6.42 Å². The average molecular weight is 246 g/mol. The van der Waals surface area contributed by atoms with Gasteiger partial charge in [-0.1, -0.05) is 0 Å². The molecule has 0 aromatic carbocycles. The molecule has 2 aliphatic rings. The van der Waals surface area contributed by atoms with Crippen LogP contribution in [0.2, 0.25) is 0 Å². The van der Waals surface area contributed by atoms with Crippen molar-refractivity contribution in [1.82, 2.24) is 9.80 Å². The Morgan fingerprint density at radius 2 is 2.06 bits per heavy atom. The highest BCUT2D eigenvalue weighted by Gasteiger charge is 2.47. The van der Waals surface area contributed by atoms with Crippen LogP contribution in [-0.2, 0) is 4.74 Å². The van der Waals surface area contributed by atoms with E-state index in [1.807, 2.05) is 0 Å². The molecule has 3 N–H and O–H groups in total. The van der Waals surface area contributed by atoms with Gasteiger partial charge in [-0.15, -0.1) is 0 Å². The van der Waals surface area contributed by atoms with Gasteiger partial charge in [-0.3, -0.25) is 4.90 Å². The smallest absolute Gasteiger partial charge is 0.321 e. The van der Waals surface area contributed by atoms with E-state index in [4.69, 9.17) is 9.84 Å². The maximum Gasteiger partial charge on any atom is 0.321 e. The lowest BCUT2D eigenvalue weighted by Crippen LogP contribution is -2.55. The van der Waals surface area contributed by atoms with E-state index in [0.29, 0.717) is 13.1 Å². The molecule has 98 valence electrons. The van der Waals surface area contributed by atoms with E-state index in [9.17, 15) is 15.0 Å². The molecule has 0 aromatic heterocycles. The fraction of sp³-hybridized carbons (Fsp3) is 0.900. The second-order valence-electron chi connectivity index (χ2n) is 4.48. The van der Waals surface area contributed by atoms with E-state index in [1.54, 1.807) is 7.05 Å². The molecule has 0 unspecified atom stereocenters. The topological polar surface area (TPSA) is 93.5 Å². The number of hydrogen-bond donors (Lipinski definition) is 3. The highest BCUT2D eigenvalue weighted by atomic mass is 16.6. The summed E-state index contributed by atoms with van der Waals surface area (Å²) in [5, 5.41) is 28.4. The van der Waals surface area contributed by atoms with Crippen LogP contribution in [0.5, 0.6) is 0 Å². The standard InChI is InChI=1S/C10H18N2O5/c1-11-3-2-4-12(10(11)16)9-8(15)7(14)6(5-13)17-9/h6-9,13-15H,2-5H2,1H3/t6-,7-,8-,9-/m1/s1. The molecular weight excluding hydrogens is 228 g/mol. The van der Waals surface area contributed by atoms with Gasteiger partial charge in [0.1, 0.15) is 18.3 Å². The van der Waals surface area contributed by atoms with Gasteiger partial charge in [-0.05, 0) is 6.42 Å². The van der Waals surface area contributed by atoms with Gasteiger partial charge in [0.2, 0.25) is 0 Å². The summed E-state index contributed by atoms with van der Waals surface area (Å²) in [6.45, 7) is 0.770. The van der Waals surface area contributed by atoms with Gasteiger partial charge >= 0.3 is 6.03 Å². The number of carbonyl (C=O) groups excluding carboxylic acids is 1. The third kappa shape index (κ3) is 2.11. The number of aliphatic hydroxyl groups excluding tert-OH is 3. The fourth-order valence-electron chi connectivity index (χ4n) is 2.26. The zero-order valence-corrected chi connectivity index (χ0v) is 9.69. The minimum absolute atomic E-state index is 0.230. The van der Waals surface area contributed by atoms with Crippen molar-refractivity contribution in [2.24, 2.45) is 0 Å². The van der Waals surface area contributed by atoms with E-state index in [-0.39, 0.29) is 12.6 Å². The molecule has 2 heterocycles. The predicted molar refractivity (Wildman–Crippen MR) is 57.1 cm³/mol. The van der Waals surface area contributed by atoms with Gasteiger partial charge in [0.15, 0.2) is 6.23 Å². The van der Waals surface area contributed by atoms with Crippen molar-refractivity contribution < 1.29 is 24.9 Å². The number of amides is 2. The maximum absolute atomic E-state index is 11.9. The summed E-state index contributed by atoms with van der Waals surface area (Å²) in [6.07, 6.45) is -3.27. The normalized spacial score (nSPS) is 38.9. The molecule has 2 aliphatic heterocycles. The van der Waals surface area contributed by atoms with E-state index in [1.165, 1.54) is 9.80 Å². The van der Waals surface area contributed by atoms with Gasteiger partial charge in [0.25, 0.3) is 0 Å². The molecule has 2 saturated heterocycles. The van der Waals surface area contributed by atoms with E-state index < -0.39 is 24.5 Å². The fourth-order valence-corrected chi connectivity index (χ4v) is 2.26. The van der Waals surface area contributed by atoms with Crippen molar-refractivity contribution in [3.8, 4) is 0 Å². The number of rotatable bonds is 2. The first kappa shape index (κ1) is 12.6. The van der Waals surface area contributed by atoms with Crippen LogP contribution >= 0.6 is 0 Å². The summed E-state index contributed by atoms with van der Waals surface area (Å²) in [7, 11) is 1.68. The van der Waals surface area contributed by atoms with E-state index in [0.717, 1.165) is 6.42 Å². The average Bonchev–Trinajstić information content (AvgIpc) is 2.60. The Balaban J connectivity index is 2.09. The SMILES string of the molecule is CN1CCCN([C@@H]2O[C@H](CO)[C@@H](O)[C@H]2O)C1=O. The predicted octanol–water partition coefficient (Wildman–Crippen LogP) is -1.82. The molecule has 0 radical (unpaired) electrons. The van der Waals surface area contributed by atoms with Gasteiger partial charge < -0.3 is 25.0 Å². The first-order valence-corrected chi connectivity index (χ1v) is 5.70. The van der Waals surface area contributed by atoms with E-state index in [2.05, 4.69) is 0 Å². The minimum atomic E-state index is -1.18. The second kappa shape index (κ2) is 4.77. The molecule has 0 saturated carbocycles.